The highest BCUT2D eigenvalue weighted by Gasteiger charge is 2.30. The van der Waals surface area contributed by atoms with E-state index in [0.717, 1.165) is 29.9 Å². The van der Waals surface area contributed by atoms with Gasteiger partial charge in [-0.05, 0) is 54.6 Å². The summed E-state index contributed by atoms with van der Waals surface area (Å²) in [5.41, 5.74) is 5.69. The van der Waals surface area contributed by atoms with Crippen LogP contribution in [0.1, 0.15) is 30.9 Å². The van der Waals surface area contributed by atoms with Crippen LogP contribution in [0.5, 0.6) is 0 Å². The smallest absolute Gasteiger partial charge is 0.394 e. The van der Waals surface area contributed by atoms with Gasteiger partial charge in [-0.25, -0.2) is 0 Å². The quantitative estimate of drug-likeness (QED) is 0.838. The summed E-state index contributed by atoms with van der Waals surface area (Å²) in [6.45, 7) is 1.71. The Morgan fingerprint density at radius 1 is 1.27 bits per heavy atom. The molecule has 1 aromatic carbocycles. The van der Waals surface area contributed by atoms with Gasteiger partial charge < -0.3 is 10.8 Å². The van der Waals surface area contributed by atoms with Gasteiger partial charge in [-0.15, -0.1) is 23.7 Å². The van der Waals surface area contributed by atoms with Gasteiger partial charge in [0.05, 0.1) is 12.2 Å². The lowest BCUT2D eigenvalue weighted by Crippen LogP contribution is -2.40. The number of aliphatic hydroxyl groups is 1. The molecule has 22 heavy (non-hydrogen) atoms. The normalized spacial score (nSPS) is 14.6. The van der Waals surface area contributed by atoms with Crippen molar-refractivity contribution < 1.29 is 18.3 Å². The summed E-state index contributed by atoms with van der Waals surface area (Å²) in [6.07, 6.45) is -2.10. The van der Waals surface area contributed by atoms with Gasteiger partial charge in [0.15, 0.2) is 0 Å². The van der Waals surface area contributed by atoms with Crippen molar-refractivity contribution in [2.45, 2.75) is 37.9 Å². The van der Waals surface area contributed by atoms with Crippen molar-refractivity contribution in [1.29, 1.82) is 0 Å². The Bertz CT molecular complexity index is 625. The highest BCUT2D eigenvalue weighted by atomic mass is 35.5. The van der Waals surface area contributed by atoms with E-state index in [4.69, 9.17) is 10.8 Å². The first-order valence-corrected chi connectivity index (χ1v) is 7.58. The van der Waals surface area contributed by atoms with Crippen molar-refractivity contribution in [3.8, 4) is 0 Å². The third-order valence-electron chi connectivity index (χ3n) is 3.54. The highest BCUT2D eigenvalue weighted by molar-refractivity contribution is 7.17. The fourth-order valence-electron chi connectivity index (χ4n) is 2.21. The third kappa shape index (κ3) is 4.59. The molecular formula is C15H19ClF3NOS. The van der Waals surface area contributed by atoms with Gasteiger partial charge in [-0.2, -0.15) is 13.2 Å². The van der Waals surface area contributed by atoms with Crippen LogP contribution in [0.4, 0.5) is 13.2 Å². The second-order valence-electron chi connectivity index (χ2n) is 5.64. The van der Waals surface area contributed by atoms with Crippen LogP contribution in [0.15, 0.2) is 23.6 Å². The molecule has 0 aliphatic heterocycles. The van der Waals surface area contributed by atoms with Crippen molar-refractivity contribution in [3.05, 3.63) is 34.7 Å². The molecular weight excluding hydrogens is 335 g/mol. The van der Waals surface area contributed by atoms with Crippen LogP contribution in [0.3, 0.4) is 0 Å². The largest absolute Gasteiger partial charge is 0.416 e. The zero-order valence-corrected chi connectivity index (χ0v) is 13.7. The number of benzene rings is 1. The Balaban J connectivity index is 0.00000242. The average molecular weight is 354 g/mol. The van der Waals surface area contributed by atoms with Gasteiger partial charge in [0, 0.05) is 10.2 Å². The van der Waals surface area contributed by atoms with E-state index in [1.54, 1.807) is 6.92 Å². The van der Waals surface area contributed by atoms with Crippen molar-refractivity contribution in [2.24, 2.45) is 5.73 Å². The maximum atomic E-state index is 12.7. The Labute approximate surface area is 137 Å². The molecule has 0 spiro atoms. The molecule has 0 amide bonds. The number of aliphatic hydroxyl groups excluding tert-OH is 1. The monoisotopic (exact) mass is 353 g/mol. The summed E-state index contributed by atoms with van der Waals surface area (Å²) in [4.78, 5) is 0. The second kappa shape index (κ2) is 7.17. The lowest BCUT2D eigenvalue weighted by Gasteiger charge is -2.21. The van der Waals surface area contributed by atoms with E-state index in [1.165, 1.54) is 23.5 Å². The van der Waals surface area contributed by atoms with Gasteiger partial charge in [-0.3, -0.25) is 0 Å². The fourth-order valence-corrected chi connectivity index (χ4v) is 3.25. The Morgan fingerprint density at radius 3 is 2.55 bits per heavy atom. The van der Waals surface area contributed by atoms with E-state index < -0.39 is 17.3 Å². The minimum atomic E-state index is -4.30. The van der Waals surface area contributed by atoms with Gasteiger partial charge in [-0.1, -0.05) is 6.07 Å². The number of alkyl halides is 3. The minimum absolute atomic E-state index is 0. The molecule has 2 aromatic rings. The molecule has 0 bridgehead atoms. The molecule has 2 rings (SSSR count). The molecule has 0 saturated carbocycles. The van der Waals surface area contributed by atoms with E-state index in [-0.39, 0.29) is 19.0 Å². The first-order valence-electron chi connectivity index (χ1n) is 6.70. The number of thiophene rings is 1. The van der Waals surface area contributed by atoms with Crippen LogP contribution in [0.2, 0.25) is 0 Å². The van der Waals surface area contributed by atoms with Crippen LogP contribution in [-0.2, 0) is 12.6 Å². The van der Waals surface area contributed by atoms with Crippen LogP contribution in [0, 0.1) is 0 Å². The predicted octanol–water partition coefficient (Wildman–Crippen LogP) is 4.37. The topological polar surface area (TPSA) is 46.2 Å². The second-order valence-corrected chi connectivity index (χ2v) is 6.55. The zero-order valence-electron chi connectivity index (χ0n) is 12.1. The SMILES string of the molecule is C[C@](N)(CO)CCCc1csc2cc(C(F)(F)F)ccc12.Cl. The molecule has 7 heteroatoms. The lowest BCUT2D eigenvalue weighted by atomic mass is 9.95. The molecule has 124 valence electrons. The summed E-state index contributed by atoms with van der Waals surface area (Å²) < 4.78 is 38.6. The maximum absolute atomic E-state index is 12.7. The van der Waals surface area contributed by atoms with Gasteiger partial charge in [0.1, 0.15) is 0 Å². The van der Waals surface area contributed by atoms with E-state index in [1.807, 2.05) is 5.38 Å². The van der Waals surface area contributed by atoms with Crippen molar-refractivity contribution >= 4 is 33.8 Å². The van der Waals surface area contributed by atoms with Crippen LogP contribution in [0.25, 0.3) is 10.1 Å². The van der Waals surface area contributed by atoms with Gasteiger partial charge in [0.2, 0.25) is 0 Å². The number of nitrogens with two attached hydrogens (primary N) is 1. The third-order valence-corrected chi connectivity index (χ3v) is 4.53. The molecule has 3 N–H and O–H groups in total. The molecule has 0 unspecified atom stereocenters. The molecule has 0 saturated heterocycles. The lowest BCUT2D eigenvalue weighted by molar-refractivity contribution is -0.137. The van der Waals surface area contributed by atoms with E-state index in [9.17, 15) is 13.2 Å². The Kier molecular flexibility index (Phi) is 6.27. The average Bonchev–Trinajstić information content (AvgIpc) is 2.80. The summed E-state index contributed by atoms with van der Waals surface area (Å²) in [6, 6.07) is 3.86. The number of aryl methyl sites for hydroxylation is 1. The van der Waals surface area contributed by atoms with Gasteiger partial charge >= 0.3 is 6.18 Å². The number of rotatable bonds is 5. The minimum Gasteiger partial charge on any atom is -0.394 e. The maximum Gasteiger partial charge on any atom is 0.416 e. The molecule has 1 atom stereocenters. The Morgan fingerprint density at radius 2 is 1.95 bits per heavy atom. The first kappa shape index (κ1) is 19.2. The first-order chi connectivity index (χ1) is 9.73. The molecule has 0 aliphatic carbocycles. The Hall–Kier alpha value is -0.820. The summed E-state index contributed by atoms with van der Waals surface area (Å²) in [7, 11) is 0. The number of hydrogen-bond acceptors (Lipinski definition) is 3. The summed E-state index contributed by atoms with van der Waals surface area (Å²) in [5.74, 6) is 0. The number of fused-ring (bicyclic) bond motifs is 1. The predicted molar refractivity (Wildman–Crippen MR) is 86.7 cm³/mol. The van der Waals surface area contributed by atoms with Gasteiger partial charge in [0.25, 0.3) is 0 Å². The zero-order chi connectivity index (χ0) is 15.7. The number of halogens is 4. The fraction of sp³-hybridized carbons (Fsp3) is 0.467. The molecule has 2 nitrogen and oxygen atoms in total. The van der Waals surface area contributed by atoms with Crippen molar-refractivity contribution in [2.75, 3.05) is 6.61 Å². The summed E-state index contributed by atoms with van der Waals surface area (Å²) >= 11 is 1.33. The van der Waals surface area contributed by atoms with Crippen LogP contribution >= 0.6 is 23.7 Å². The van der Waals surface area contributed by atoms with Crippen molar-refractivity contribution in [1.82, 2.24) is 0 Å². The molecule has 0 radical (unpaired) electrons. The molecule has 1 heterocycles. The standard InChI is InChI=1S/C15H18F3NOS.ClH/c1-14(19,9-20)6-2-3-10-8-21-13-7-11(15(16,17)18)4-5-12(10)13;/h4-5,7-8,20H,2-3,6,9,19H2,1H3;1H/t14-;/m1./s1. The van der Waals surface area contributed by atoms with Crippen molar-refractivity contribution in [3.63, 3.8) is 0 Å². The highest BCUT2D eigenvalue weighted by Crippen LogP contribution is 2.35. The molecule has 1 aromatic heterocycles. The molecule has 0 aliphatic rings. The van der Waals surface area contributed by atoms with Crippen LogP contribution < -0.4 is 5.73 Å². The molecule has 0 fully saturated rings. The van der Waals surface area contributed by atoms with E-state index in [0.29, 0.717) is 11.1 Å². The number of hydrogen-bond donors (Lipinski definition) is 2. The summed E-state index contributed by atoms with van der Waals surface area (Å²) in [5, 5.41) is 11.9. The van der Waals surface area contributed by atoms with E-state index in [2.05, 4.69) is 0 Å². The van der Waals surface area contributed by atoms with Crippen LogP contribution in [-0.4, -0.2) is 17.3 Å². The van der Waals surface area contributed by atoms with E-state index >= 15 is 0 Å².